The van der Waals surface area contributed by atoms with Crippen molar-refractivity contribution in [2.24, 2.45) is 0 Å². The zero-order valence-electron chi connectivity index (χ0n) is 7.68. The first-order valence-electron chi connectivity index (χ1n) is 4.26. The highest BCUT2D eigenvalue weighted by molar-refractivity contribution is 9.11. The van der Waals surface area contributed by atoms with Crippen LogP contribution in [0.15, 0.2) is 33.6 Å². The summed E-state index contributed by atoms with van der Waals surface area (Å²) in [6.07, 6.45) is 0. The molecule has 5 heteroatoms. The molecule has 0 saturated carbocycles. The largest absolute Gasteiger partial charge is 0.508 e. The van der Waals surface area contributed by atoms with Crippen LogP contribution < -0.4 is 4.74 Å². The molecule has 0 saturated heterocycles. The molecule has 1 N–H and O–H groups in total. The van der Waals surface area contributed by atoms with Gasteiger partial charge in [0.2, 0.25) is 0 Å². The zero-order chi connectivity index (χ0) is 10.7. The van der Waals surface area contributed by atoms with Crippen molar-refractivity contribution in [1.82, 2.24) is 4.98 Å². The summed E-state index contributed by atoms with van der Waals surface area (Å²) >= 11 is 4.80. The number of phenolic OH excluding ortho intramolecular Hbond substituents is 1. The predicted octanol–water partition coefficient (Wildman–Crippen LogP) is 3.19. The molecule has 0 bridgehead atoms. The number of ether oxygens (including phenoxy) is 1. The fourth-order valence-electron chi connectivity index (χ4n) is 1.08. The van der Waals surface area contributed by atoms with Crippen molar-refractivity contribution in [2.45, 2.75) is 6.61 Å². The Morgan fingerprint density at radius 1 is 1.47 bits per heavy atom. The fraction of sp³-hybridized carbons (Fsp3) is 0.100. The maximum absolute atomic E-state index is 9.21. The highest BCUT2D eigenvalue weighted by Gasteiger charge is 2.00. The van der Waals surface area contributed by atoms with Crippen LogP contribution in [0, 0.1) is 0 Å². The lowest BCUT2D eigenvalue weighted by atomic mass is 10.3. The van der Waals surface area contributed by atoms with Crippen LogP contribution >= 0.6 is 27.3 Å². The molecule has 2 rings (SSSR count). The van der Waals surface area contributed by atoms with Gasteiger partial charge in [-0.3, -0.25) is 0 Å². The van der Waals surface area contributed by atoms with Gasteiger partial charge in [0.05, 0.1) is 5.69 Å². The predicted molar refractivity (Wildman–Crippen MR) is 62.3 cm³/mol. The van der Waals surface area contributed by atoms with Crippen molar-refractivity contribution in [3.05, 3.63) is 39.3 Å². The minimum Gasteiger partial charge on any atom is -0.508 e. The van der Waals surface area contributed by atoms with E-state index in [9.17, 15) is 5.11 Å². The molecule has 0 atom stereocenters. The van der Waals surface area contributed by atoms with Gasteiger partial charge in [-0.2, -0.15) is 0 Å². The van der Waals surface area contributed by atoms with Gasteiger partial charge in [0, 0.05) is 11.4 Å². The Hall–Kier alpha value is -1.07. The molecule has 1 aromatic heterocycles. The van der Waals surface area contributed by atoms with E-state index >= 15 is 0 Å². The molecule has 78 valence electrons. The smallest absolute Gasteiger partial charge is 0.159 e. The molecule has 1 heterocycles. The van der Waals surface area contributed by atoms with Gasteiger partial charge < -0.3 is 9.84 Å². The molecule has 0 spiro atoms. The van der Waals surface area contributed by atoms with Gasteiger partial charge in [-0.1, -0.05) is 6.07 Å². The maximum Gasteiger partial charge on any atom is 0.159 e. The van der Waals surface area contributed by atoms with E-state index < -0.39 is 0 Å². The molecule has 1 aromatic carbocycles. The van der Waals surface area contributed by atoms with Gasteiger partial charge in [0.15, 0.2) is 3.92 Å². The van der Waals surface area contributed by atoms with Crippen molar-refractivity contribution in [2.75, 3.05) is 0 Å². The highest BCUT2D eigenvalue weighted by Crippen LogP contribution is 2.20. The van der Waals surface area contributed by atoms with Crippen LogP contribution in [-0.4, -0.2) is 10.1 Å². The van der Waals surface area contributed by atoms with E-state index in [0.29, 0.717) is 12.4 Å². The Bertz CT molecular complexity index is 458. The number of hydrogen-bond acceptors (Lipinski definition) is 4. The van der Waals surface area contributed by atoms with Gasteiger partial charge in [-0.25, -0.2) is 4.98 Å². The van der Waals surface area contributed by atoms with Crippen LogP contribution in [-0.2, 0) is 6.61 Å². The lowest BCUT2D eigenvalue weighted by molar-refractivity contribution is 0.300. The molecule has 0 radical (unpaired) electrons. The quantitative estimate of drug-likeness (QED) is 0.942. The standard InChI is InChI=1S/C10H8BrNO2S/c11-10-12-7(6-15-10)5-14-9-3-1-2-8(13)4-9/h1-4,6,13H,5H2. The Morgan fingerprint density at radius 2 is 2.33 bits per heavy atom. The summed E-state index contributed by atoms with van der Waals surface area (Å²) in [4.78, 5) is 4.20. The normalized spacial score (nSPS) is 10.2. The molecule has 15 heavy (non-hydrogen) atoms. The number of thiazole rings is 1. The number of nitrogens with zero attached hydrogens (tertiary/aromatic N) is 1. The second-order valence-electron chi connectivity index (χ2n) is 2.88. The SMILES string of the molecule is Oc1cccc(OCc2csc(Br)n2)c1. The first kappa shape index (κ1) is 10.4. The number of aromatic nitrogens is 1. The summed E-state index contributed by atoms with van der Waals surface area (Å²) in [5.41, 5.74) is 0.871. The van der Waals surface area contributed by atoms with Crippen molar-refractivity contribution >= 4 is 27.3 Å². The lowest BCUT2D eigenvalue weighted by Gasteiger charge is -2.03. The van der Waals surface area contributed by atoms with Crippen LogP contribution in [0.5, 0.6) is 11.5 Å². The number of hydrogen-bond donors (Lipinski definition) is 1. The van der Waals surface area contributed by atoms with Gasteiger partial charge >= 0.3 is 0 Å². The van der Waals surface area contributed by atoms with E-state index in [1.54, 1.807) is 24.3 Å². The monoisotopic (exact) mass is 285 g/mol. The number of halogens is 1. The topological polar surface area (TPSA) is 42.4 Å². The second-order valence-corrected chi connectivity index (χ2v) is 5.01. The van der Waals surface area contributed by atoms with Gasteiger partial charge in [-0.15, -0.1) is 11.3 Å². The van der Waals surface area contributed by atoms with Crippen LogP contribution in [0.4, 0.5) is 0 Å². The summed E-state index contributed by atoms with van der Waals surface area (Å²) in [5, 5.41) is 11.1. The molecule has 0 unspecified atom stereocenters. The minimum absolute atomic E-state index is 0.201. The van der Waals surface area contributed by atoms with E-state index in [2.05, 4.69) is 20.9 Å². The van der Waals surface area contributed by atoms with E-state index in [4.69, 9.17) is 4.74 Å². The molecule has 0 amide bonds. The van der Waals surface area contributed by atoms with Crippen molar-refractivity contribution in [3.8, 4) is 11.5 Å². The van der Waals surface area contributed by atoms with Gasteiger partial charge in [0.1, 0.15) is 18.1 Å². The average Bonchev–Trinajstić information content (AvgIpc) is 2.62. The Morgan fingerprint density at radius 3 is 3.00 bits per heavy atom. The van der Waals surface area contributed by atoms with Crippen LogP contribution in [0.1, 0.15) is 5.69 Å². The number of aromatic hydroxyl groups is 1. The van der Waals surface area contributed by atoms with Crippen molar-refractivity contribution in [3.63, 3.8) is 0 Å². The second kappa shape index (κ2) is 4.63. The average molecular weight is 286 g/mol. The number of benzene rings is 1. The number of phenols is 1. The van der Waals surface area contributed by atoms with Crippen LogP contribution in [0.2, 0.25) is 0 Å². The first-order valence-corrected chi connectivity index (χ1v) is 5.93. The van der Waals surface area contributed by atoms with E-state index in [-0.39, 0.29) is 5.75 Å². The number of rotatable bonds is 3. The van der Waals surface area contributed by atoms with E-state index in [1.807, 2.05) is 5.38 Å². The summed E-state index contributed by atoms with van der Waals surface area (Å²) in [7, 11) is 0. The zero-order valence-corrected chi connectivity index (χ0v) is 10.1. The molecule has 0 aliphatic rings. The summed E-state index contributed by atoms with van der Waals surface area (Å²) in [6.45, 7) is 0.408. The third-order valence-electron chi connectivity index (χ3n) is 1.73. The van der Waals surface area contributed by atoms with Crippen molar-refractivity contribution < 1.29 is 9.84 Å². The fourth-order valence-corrected chi connectivity index (χ4v) is 2.11. The third kappa shape index (κ3) is 2.94. The summed E-state index contributed by atoms with van der Waals surface area (Å²) < 4.78 is 6.29. The third-order valence-corrected chi connectivity index (χ3v) is 3.14. The Balaban J connectivity index is 1.99. The molecule has 0 fully saturated rings. The Labute approximate surface area is 99.5 Å². The molecular weight excluding hydrogens is 278 g/mol. The van der Waals surface area contributed by atoms with Crippen LogP contribution in [0.25, 0.3) is 0 Å². The maximum atomic E-state index is 9.21. The first-order chi connectivity index (χ1) is 7.24. The molecule has 0 aliphatic heterocycles. The molecular formula is C10H8BrNO2S. The summed E-state index contributed by atoms with van der Waals surface area (Å²) in [5.74, 6) is 0.839. The van der Waals surface area contributed by atoms with Gasteiger partial charge in [-0.05, 0) is 28.1 Å². The Kier molecular flexibility index (Phi) is 3.23. The van der Waals surface area contributed by atoms with Crippen LogP contribution in [0.3, 0.4) is 0 Å². The van der Waals surface area contributed by atoms with E-state index in [0.717, 1.165) is 9.61 Å². The molecule has 0 aliphatic carbocycles. The molecule has 3 nitrogen and oxygen atoms in total. The summed E-state index contributed by atoms with van der Waals surface area (Å²) in [6, 6.07) is 6.70. The lowest BCUT2D eigenvalue weighted by Crippen LogP contribution is -1.95. The van der Waals surface area contributed by atoms with E-state index in [1.165, 1.54) is 11.3 Å². The van der Waals surface area contributed by atoms with Gasteiger partial charge in [0.25, 0.3) is 0 Å². The van der Waals surface area contributed by atoms with Crippen molar-refractivity contribution in [1.29, 1.82) is 0 Å². The highest BCUT2D eigenvalue weighted by atomic mass is 79.9. The minimum atomic E-state index is 0.201. The molecule has 2 aromatic rings.